The summed E-state index contributed by atoms with van der Waals surface area (Å²) in [4.78, 5) is 36.5. The summed E-state index contributed by atoms with van der Waals surface area (Å²) in [7, 11) is 0. The number of nitro benzene ring substituents is 1. The summed E-state index contributed by atoms with van der Waals surface area (Å²) in [5.74, 6) is -1.38. The van der Waals surface area contributed by atoms with E-state index in [-0.39, 0.29) is 23.7 Å². The van der Waals surface area contributed by atoms with Gasteiger partial charge in [-0.3, -0.25) is 19.7 Å². The number of carbonyl (C=O) groups is 2. The van der Waals surface area contributed by atoms with Gasteiger partial charge >= 0.3 is 5.97 Å². The Kier molecular flexibility index (Phi) is 3.58. The summed E-state index contributed by atoms with van der Waals surface area (Å²) in [5, 5.41) is 20.7. The molecule has 7 heteroatoms. The van der Waals surface area contributed by atoms with Gasteiger partial charge in [0.2, 0.25) is 0 Å². The summed E-state index contributed by atoms with van der Waals surface area (Å²) < 4.78 is 0. The standard InChI is InChI=1S/C16H18N2O5/c1-10-4-5-13(18(22)23)12(7-10)14(19)17-8-11-3-2-6-16(11,9-17)15(20)21/h4-5,7,11H,2-3,6,8-9H2,1H3,(H,20,21)/t11-,16+/m0/s1. The lowest BCUT2D eigenvalue weighted by atomic mass is 9.81. The Morgan fingerprint density at radius 3 is 2.78 bits per heavy atom. The predicted octanol–water partition coefficient (Wildman–Crippen LogP) is 2.23. The molecule has 0 unspecified atom stereocenters. The van der Waals surface area contributed by atoms with Crippen LogP contribution in [0.1, 0.15) is 35.2 Å². The molecule has 122 valence electrons. The van der Waals surface area contributed by atoms with Gasteiger partial charge in [0.15, 0.2) is 0 Å². The van der Waals surface area contributed by atoms with Crippen molar-refractivity contribution in [2.45, 2.75) is 26.2 Å². The number of rotatable bonds is 3. The van der Waals surface area contributed by atoms with Crippen molar-refractivity contribution in [2.24, 2.45) is 11.3 Å². The fourth-order valence-electron chi connectivity index (χ4n) is 3.94. The van der Waals surface area contributed by atoms with Gasteiger partial charge in [-0.1, -0.05) is 12.5 Å². The summed E-state index contributed by atoms with van der Waals surface area (Å²) in [6.45, 7) is 2.26. The number of carboxylic acids is 1. The van der Waals surface area contributed by atoms with Crippen LogP contribution in [0.5, 0.6) is 0 Å². The zero-order chi connectivity index (χ0) is 16.8. The number of hydrogen-bond acceptors (Lipinski definition) is 4. The molecule has 1 amide bonds. The molecule has 2 fully saturated rings. The third-order valence-corrected chi connectivity index (χ3v) is 5.16. The lowest BCUT2D eigenvalue weighted by Crippen LogP contribution is -2.37. The van der Waals surface area contributed by atoms with Crippen LogP contribution in [-0.2, 0) is 4.79 Å². The van der Waals surface area contributed by atoms with E-state index in [1.807, 2.05) is 0 Å². The number of nitrogens with zero attached hydrogens (tertiary/aromatic N) is 2. The number of benzene rings is 1. The number of carbonyl (C=O) groups excluding carboxylic acids is 1. The van der Waals surface area contributed by atoms with Gasteiger partial charge in [0.1, 0.15) is 5.56 Å². The van der Waals surface area contributed by atoms with Crippen molar-refractivity contribution in [1.82, 2.24) is 4.90 Å². The molecule has 23 heavy (non-hydrogen) atoms. The highest BCUT2D eigenvalue weighted by atomic mass is 16.6. The number of hydrogen-bond donors (Lipinski definition) is 1. The van der Waals surface area contributed by atoms with Crippen LogP contribution in [-0.4, -0.2) is 39.9 Å². The van der Waals surface area contributed by atoms with E-state index in [1.165, 1.54) is 17.0 Å². The second-order valence-electron chi connectivity index (χ2n) is 6.51. The molecule has 1 aromatic carbocycles. The largest absolute Gasteiger partial charge is 0.481 e. The normalized spacial score (nSPS) is 26.1. The Morgan fingerprint density at radius 2 is 2.17 bits per heavy atom. The topological polar surface area (TPSA) is 101 Å². The quantitative estimate of drug-likeness (QED) is 0.680. The summed E-state index contributed by atoms with van der Waals surface area (Å²) in [6, 6.07) is 4.42. The molecule has 1 heterocycles. The van der Waals surface area contributed by atoms with Gasteiger partial charge in [-0.05, 0) is 37.3 Å². The van der Waals surface area contributed by atoms with E-state index in [0.717, 1.165) is 18.4 Å². The van der Waals surface area contributed by atoms with Crippen molar-refractivity contribution in [1.29, 1.82) is 0 Å². The number of aryl methyl sites for hydroxylation is 1. The van der Waals surface area contributed by atoms with E-state index in [0.29, 0.717) is 13.0 Å². The smallest absolute Gasteiger partial charge is 0.311 e. The maximum Gasteiger partial charge on any atom is 0.311 e. The van der Waals surface area contributed by atoms with Gasteiger partial charge in [0.25, 0.3) is 11.6 Å². The zero-order valence-corrected chi connectivity index (χ0v) is 12.8. The Morgan fingerprint density at radius 1 is 1.43 bits per heavy atom. The van der Waals surface area contributed by atoms with E-state index in [4.69, 9.17) is 0 Å². The average molecular weight is 318 g/mol. The molecule has 3 rings (SSSR count). The Balaban J connectivity index is 1.93. The first-order chi connectivity index (χ1) is 10.8. The second-order valence-corrected chi connectivity index (χ2v) is 6.51. The van der Waals surface area contributed by atoms with Gasteiger partial charge < -0.3 is 10.0 Å². The molecular formula is C16H18N2O5. The van der Waals surface area contributed by atoms with E-state index < -0.39 is 22.2 Å². The Bertz CT molecular complexity index is 702. The maximum absolute atomic E-state index is 12.7. The van der Waals surface area contributed by atoms with Crippen LogP contribution in [0.3, 0.4) is 0 Å². The van der Waals surface area contributed by atoms with Gasteiger partial charge in [0, 0.05) is 19.2 Å². The molecule has 1 aromatic rings. The van der Waals surface area contributed by atoms with Gasteiger partial charge in [-0.2, -0.15) is 0 Å². The van der Waals surface area contributed by atoms with Crippen LogP contribution in [0, 0.1) is 28.4 Å². The molecule has 1 aliphatic carbocycles. The third-order valence-electron chi connectivity index (χ3n) is 5.16. The van der Waals surface area contributed by atoms with Crippen molar-refractivity contribution in [2.75, 3.05) is 13.1 Å². The van der Waals surface area contributed by atoms with Crippen molar-refractivity contribution in [3.63, 3.8) is 0 Å². The predicted molar refractivity (Wildman–Crippen MR) is 81.1 cm³/mol. The molecule has 2 aliphatic rings. The van der Waals surface area contributed by atoms with Gasteiger partial charge in [-0.25, -0.2) is 0 Å². The number of nitro groups is 1. The first kappa shape index (κ1) is 15.5. The van der Waals surface area contributed by atoms with E-state index in [2.05, 4.69) is 0 Å². The molecule has 0 radical (unpaired) electrons. The number of aliphatic carboxylic acids is 1. The summed E-state index contributed by atoms with van der Waals surface area (Å²) in [5.41, 5.74) is -0.322. The van der Waals surface area contributed by atoms with Gasteiger partial charge in [-0.15, -0.1) is 0 Å². The molecular weight excluding hydrogens is 300 g/mol. The van der Waals surface area contributed by atoms with Crippen molar-refractivity contribution >= 4 is 17.6 Å². The minimum Gasteiger partial charge on any atom is -0.481 e. The highest BCUT2D eigenvalue weighted by molar-refractivity contribution is 5.99. The lowest BCUT2D eigenvalue weighted by Gasteiger charge is -2.23. The lowest BCUT2D eigenvalue weighted by molar-refractivity contribution is -0.385. The molecule has 0 bridgehead atoms. The van der Waals surface area contributed by atoms with Crippen LogP contribution >= 0.6 is 0 Å². The number of amides is 1. The molecule has 1 saturated carbocycles. The third kappa shape index (κ3) is 2.36. The number of likely N-dealkylation sites (tertiary alicyclic amines) is 1. The van der Waals surface area contributed by atoms with Crippen molar-refractivity contribution in [3.8, 4) is 0 Å². The van der Waals surface area contributed by atoms with Gasteiger partial charge in [0.05, 0.1) is 10.3 Å². The first-order valence-electron chi connectivity index (χ1n) is 7.63. The van der Waals surface area contributed by atoms with Crippen LogP contribution < -0.4 is 0 Å². The van der Waals surface area contributed by atoms with Crippen LogP contribution in [0.4, 0.5) is 5.69 Å². The minimum atomic E-state index is -0.881. The average Bonchev–Trinajstić information content (AvgIpc) is 3.03. The van der Waals surface area contributed by atoms with E-state index in [9.17, 15) is 24.8 Å². The Labute approximate surface area is 133 Å². The maximum atomic E-state index is 12.7. The number of fused-ring (bicyclic) bond motifs is 1. The molecule has 0 spiro atoms. The van der Waals surface area contributed by atoms with Crippen molar-refractivity contribution < 1.29 is 19.6 Å². The molecule has 1 aliphatic heterocycles. The molecule has 0 aromatic heterocycles. The van der Waals surface area contributed by atoms with Crippen LogP contribution in [0.2, 0.25) is 0 Å². The van der Waals surface area contributed by atoms with E-state index >= 15 is 0 Å². The van der Waals surface area contributed by atoms with Crippen LogP contribution in [0.15, 0.2) is 18.2 Å². The number of carboxylic acid groups (broad SMARTS) is 1. The monoisotopic (exact) mass is 318 g/mol. The molecule has 1 N–H and O–H groups in total. The van der Waals surface area contributed by atoms with Crippen LogP contribution in [0.25, 0.3) is 0 Å². The molecule has 7 nitrogen and oxygen atoms in total. The summed E-state index contributed by atoms with van der Waals surface area (Å²) >= 11 is 0. The second kappa shape index (κ2) is 5.33. The highest BCUT2D eigenvalue weighted by Gasteiger charge is 2.56. The Hall–Kier alpha value is -2.44. The van der Waals surface area contributed by atoms with E-state index in [1.54, 1.807) is 13.0 Å². The highest BCUT2D eigenvalue weighted by Crippen LogP contribution is 2.49. The fraction of sp³-hybridized carbons (Fsp3) is 0.500. The molecule has 2 atom stereocenters. The minimum absolute atomic E-state index is 0.0375. The first-order valence-corrected chi connectivity index (χ1v) is 7.63. The SMILES string of the molecule is Cc1ccc([N+](=O)[O-])c(C(=O)N2C[C@@H]3CCC[C@@]3(C(=O)O)C2)c1. The fourth-order valence-corrected chi connectivity index (χ4v) is 3.94. The van der Waals surface area contributed by atoms with Crippen molar-refractivity contribution in [3.05, 3.63) is 39.4 Å². The summed E-state index contributed by atoms with van der Waals surface area (Å²) in [6.07, 6.45) is 2.20. The zero-order valence-electron chi connectivity index (χ0n) is 12.8. The molecule has 1 saturated heterocycles.